The normalized spacial score (nSPS) is 15.0. The number of anilines is 2. The largest absolute Gasteiger partial charge is 0.447 e. The Balaban J connectivity index is 1.61. The number of carbonyl (C=O) groups excluding carboxylic acids is 1. The van der Waals surface area contributed by atoms with Gasteiger partial charge in [0.05, 0.1) is 23.6 Å². The van der Waals surface area contributed by atoms with E-state index in [1.807, 2.05) is 0 Å². The van der Waals surface area contributed by atoms with Gasteiger partial charge in [-0.3, -0.25) is 9.69 Å². The van der Waals surface area contributed by atoms with Crippen LogP contribution >= 0.6 is 11.6 Å². The lowest BCUT2D eigenvalue weighted by atomic mass is 10.2. The van der Waals surface area contributed by atoms with Crippen LogP contribution in [0.4, 0.5) is 16.6 Å². The first-order chi connectivity index (χ1) is 13.0. The Hall–Kier alpha value is -3.20. The summed E-state index contributed by atoms with van der Waals surface area (Å²) in [6.07, 6.45) is 1.08. The van der Waals surface area contributed by atoms with Gasteiger partial charge in [-0.25, -0.2) is 14.8 Å². The van der Waals surface area contributed by atoms with Crippen molar-refractivity contribution in [2.75, 3.05) is 23.4 Å². The summed E-state index contributed by atoms with van der Waals surface area (Å²) < 4.78 is 4.92. The number of fused-ring (bicyclic) bond motifs is 1. The predicted molar refractivity (Wildman–Crippen MR) is 100 cm³/mol. The fourth-order valence-corrected chi connectivity index (χ4v) is 2.96. The fraction of sp³-hybridized carbons (Fsp3) is 0.235. The maximum Gasteiger partial charge on any atom is 0.415 e. The number of halogens is 1. The monoisotopic (exact) mass is 386 g/mol. The molecule has 1 aliphatic rings. The minimum Gasteiger partial charge on any atom is -0.447 e. The molecule has 3 heterocycles. The van der Waals surface area contributed by atoms with Gasteiger partial charge in [0.15, 0.2) is 0 Å². The third-order valence-electron chi connectivity index (χ3n) is 4.12. The van der Waals surface area contributed by atoms with Crippen molar-refractivity contribution in [2.45, 2.75) is 13.0 Å². The average molecular weight is 387 g/mol. The van der Waals surface area contributed by atoms with Crippen molar-refractivity contribution in [3.8, 4) is 0 Å². The maximum atomic E-state index is 12.4. The van der Waals surface area contributed by atoms with Gasteiger partial charge in [-0.05, 0) is 31.2 Å². The summed E-state index contributed by atoms with van der Waals surface area (Å²) in [5, 5.41) is 3.57. The van der Waals surface area contributed by atoms with Gasteiger partial charge in [-0.2, -0.15) is 4.98 Å². The summed E-state index contributed by atoms with van der Waals surface area (Å²) in [5.41, 5.74) is 1.15. The van der Waals surface area contributed by atoms with Crippen LogP contribution < -0.4 is 15.8 Å². The molecule has 0 bridgehead atoms. The van der Waals surface area contributed by atoms with Crippen molar-refractivity contribution in [3.63, 3.8) is 0 Å². The second kappa shape index (κ2) is 6.84. The molecule has 2 aromatic heterocycles. The number of cyclic esters (lactones) is 1. The standard InChI is InChI=1S/C17H15ClN6O3/c1-9(14-15(25)22-11-3-2-10(18)8-12(11)21-14)20-16-19-5-4-13(23-16)24-6-7-27-17(24)26/h2-5,8-9H,6-7H2,1H3,(H,22,25)(H,19,20,23)/t9-/m0/s1. The van der Waals surface area contributed by atoms with Crippen LogP contribution in [0.5, 0.6) is 0 Å². The molecule has 0 saturated carbocycles. The van der Waals surface area contributed by atoms with E-state index in [-0.39, 0.29) is 17.2 Å². The van der Waals surface area contributed by atoms with Crippen LogP contribution in [0.15, 0.2) is 35.3 Å². The van der Waals surface area contributed by atoms with Crippen LogP contribution in [0, 0.1) is 0 Å². The lowest BCUT2D eigenvalue weighted by molar-refractivity contribution is 0.181. The minimum atomic E-state index is -0.474. The Bertz CT molecular complexity index is 1090. The van der Waals surface area contributed by atoms with Crippen LogP contribution in [0.2, 0.25) is 5.02 Å². The number of rotatable bonds is 4. The third kappa shape index (κ3) is 3.41. The Morgan fingerprint density at radius 3 is 2.93 bits per heavy atom. The molecule has 0 unspecified atom stereocenters. The number of nitrogens with zero attached hydrogens (tertiary/aromatic N) is 4. The topological polar surface area (TPSA) is 113 Å². The van der Waals surface area contributed by atoms with Gasteiger partial charge in [0.1, 0.15) is 18.1 Å². The van der Waals surface area contributed by atoms with E-state index in [0.717, 1.165) is 0 Å². The average Bonchev–Trinajstić information content (AvgIpc) is 3.07. The molecule has 9 nitrogen and oxygen atoms in total. The number of amides is 1. The zero-order valence-corrected chi connectivity index (χ0v) is 15.0. The number of carbonyl (C=O) groups is 1. The van der Waals surface area contributed by atoms with Crippen molar-refractivity contribution >= 4 is 40.5 Å². The molecule has 1 aromatic carbocycles. The van der Waals surface area contributed by atoms with Crippen molar-refractivity contribution in [1.29, 1.82) is 0 Å². The van der Waals surface area contributed by atoms with Crippen molar-refractivity contribution < 1.29 is 9.53 Å². The fourth-order valence-electron chi connectivity index (χ4n) is 2.80. The number of aromatic amines is 1. The maximum absolute atomic E-state index is 12.4. The molecule has 4 rings (SSSR count). The number of aromatic nitrogens is 4. The number of nitrogens with one attached hydrogen (secondary N) is 2. The summed E-state index contributed by atoms with van der Waals surface area (Å²) in [6.45, 7) is 2.52. The highest BCUT2D eigenvalue weighted by atomic mass is 35.5. The van der Waals surface area contributed by atoms with Crippen LogP contribution in [0.25, 0.3) is 11.0 Å². The van der Waals surface area contributed by atoms with Gasteiger partial charge in [0, 0.05) is 11.2 Å². The first kappa shape index (κ1) is 17.2. The summed E-state index contributed by atoms with van der Waals surface area (Å²) >= 11 is 6.00. The molecule has 27 heavy (non-hydrogen) atoms. The van der Waals surface area contributed by atoms with E-state index >= 15 is 0 Å². The summed E-state index contributed by atoms with van der Waals surface area (Å²) in [7, 11) is 0. The van der Waals surface area contributed by atoms with Crippen LogP contribution in [0.1, 0.15) is 18.7 Å². The molecule has 1 amide bonds. The quantitative estimate of drug-likeness (QED) is 0.708. The highest BCUT2D eigenvalue weighted by Crippen LogP contribution is 2.20. The first-order valence-electron chi connectivity index (χ1n) is 8.24. The van der Waals surface area contributed by atoms with E-state index in [9.17, 15) is 9.59 Å². The van der Waals surface area contributed by atoms with Crippen LogP contribution in [-0.4, -0.2) is 39.2 Å². The van der Waals surface area contributed by atoms with Gasteiger partial charge in [0.2, 0.25) is 5.95 Å². The lowest BCUT2D eigenvalue weighted by Gasteiger charge is -2.15. The Labute approximate surface area is 158 Å². The number of H-pyrrole nitrogens is 1. The molecule has 3 aromatic rings. The molecule has 1 fully saturated rings. The molecule has 0 spiro atoms. The van der Waals surface area contributed by atoms with Crippen molar-refractivity contribution in [1.82, 2.24) is 19.9 Å². The Morgan fingerprint density at radius 2 is 2.15 bits per heavy atom. The SMILES string of the molecule is C[C@H](Nc1nccc(N2CCOC2=O)n1)c1nc2cc(Cl)ccc2[nH]c1=O. The van der Waals surface area contributed by atoms with Gasteiger partial charge in [-0.15, -0.1) is 0 Å². The van der Waals surface area contributed by atoms with Gasteiger partial charge in [0.25, 0.3) is 5.56 Å². The number of hydrogen-bond donors (Lipinski definition) is 2. The van der Waals surface area contributed by atoms with E-state index in [1.54, 1.807) is 31.2 Å². The first-order valence-corrected chi connectivity index (χ1v) is 8.62. The highest BCUT2D eigenvalue weighted by Gasteiger charge is 2.25. The molecule has 1 saturated heterocycles. The minimum absolute atomic E-state index is 0.270. The highest BCUT2D eigenvalue weighted by molar-refractivity contribution is 6.31. The number of hydrogen-bond acceptors (Lipinski definition) is 7. The van der Waals surface area contributed by atoms with Crippen LogP contribution in [-0.2, 0) is 4.74 Å². The van der Waals surface area contributed by atoms with E-state index in [4.69, 9.17) is 16.3 Å². The van der Waals surface area contributed by atoms with Crippen molar-refractivity contribution in [3.05, 3.63) is 51.5 Å². The van der Waals surface area contributed by atoms with Crippen molar-refractivity contribution in [2.24, 2.45) is 0 Å². The second-order valence-electron chi connectivity index (χ2n) is 5.98. The molecule has 1 atom stereocenters. The Kier molecular flexibility index (Phi) is 4.36. The molecule has 10 heteroatoms. The predicted octanol–water partition coefficient (Wildman–Crippen LogP) is 2.50. The van der Waals surface area contributed by atoms with Crippen LogP contribution in [0.3, 0.4) is 0 Å². The van der Waals surface area contributed by atoms with Gasteiger partial charge >= 0.3 is 6.09 Å². The van der Waals surface area contributed by atoms with E-state index in [2.05, 4.69) is 25.3 Å². The molecule has 138 valence electrons. The molecular weight excluding hydrogens is 372 g/mol. The summed E-state index contributed by atoms with van der Waals surface area (Å²) in [6, 6.07) is 6.21. The zero-order chi connectivity index (χ0) is 19.0. The summed E-state index contributed by atoms with van der Waals surface area (Å²) in [5.74, 6) is 0.696. The number of benzene rings is 1. The second-order valence-corrected chi connectivity index (χ2v) is 6.42. The molecule has 2 N–H and O–H groups in total. The molecule has 0 aliphatic carbocycles. The van der Waals surface area contributed by atoms with E-state index in [1.165, 1.54) is 11.1 Å². The smallest absolute Gasteiger partial charge is 0.415 e. The van der Waals surface area contributed by atoms with E-state index < -0.39 is 12.1 Å². The third-order valence-corrected chi connectivity index (χ3v) is 4.35. The lowest BCUT2D eigenvalue weighted by Crippen LogP contribution is -2.25. The number of ether oxygens (including phenoxy) is 1. The van der Waals surface area contributed by atoms with E-state index in [0.29, 0.717) is 35.0 Å². The zero-order valence-electron chi connectivity index (χ0n) is 14.3. The molecule has 1 aliphatic heterocycles. The molecular formula is C17H15ClN6O3. The molecule has 0 radical (unpaired) electrons. The van der Waals surface area contributed by atoms with Gasteiger partial charge in [-0.1, -0.05) is 11.6 Å². The summed E-state index contributed by atoms with van der Waals surface area (Å²) in [4.78, 5) is 41.1. The Morgan fingerprint density at radius 1 is 1.30 bits per heavy atom. The van der Waals surface area contributed by atoms with Gasteiger partial charge < -0.3 is 15.0 Å².